The SMILES string of the molecule is CCNC(=NCc1ccc(O)c(OCC)c1)NCCc1c[nH]c2cc(C)ccc12. The Morgan fingerprint density at radius 3 is 2.79 bits per heavy atom. The third-order valence-corrected chi connectivity index (χ3v) is 4.70. The number of guanidine groups is 1. The number of aromatic nitrogens is 1. The third kappa shape index (κ3) is 5.44. The number of nitrogens with one attached hydrogen (secondary N) is 3. The number of benzene rings is 2. The number of nitrogens with zero attached hydrogens (tertiary/aromatic N) is 1. The summed E-state index contributed by atoms with van der Waals surface area (Å²) in [6.45, 7) is 8.63. The molecule has 0 unspecified atom stereocenters. The Morgan fingerprint density at radius 2 is 2.00 bits per heavy atom. The maximum Gasteiger partial charge on any atom is 0.191 e. The first-order chi connectivity index (χ1) is 14.1. The van der Waals surface area contributed by atoms with E-state index in [1.807, 2.05) is 26.0 Å². The van der Waals surface area contributed by atoms with E-state index < -0.39 is 0 Å². The molecule has 0 radical (unpaired) electrons. The van der Waals surface area contributed by atoms with Crippen LogP contribution in [0, 0.1) is 6.92 Å². The molecule has 3 aromatic rings. The first kappa shape index (κ1) is 20.6. The molecule has 4 N–H and O–H groups in total. The van der Waals surface area contributed by atoms with Crippen LogP contribution >= 0.6 is 0 Å². The molecule has 1 heterocycles. The molecule has 1 aromatic heterocycles. The fourth-order valence-electron chi connectivity index (χ4n) is 3.26. The lowest BCUT2D eigenvalue weighted by atomic mass is 10.1. The van der Waals surface area contributed by atoms with E-state index in [-0.39, 0.29) is 5.75 Å². The minimum atomic E-state index is 0.151. The van der Waals surface area contributed by atoms with Crippen molar-refractivity contribution in [1.29, 1.82) is 0 Å². The molecule has 6 nitrogen and oxygen atoms in total. The lowest BCUT2D eigenvalue weighted by Crippen LogP contribution is -2.38. The number of phenolic OH excluding ortho intramolecular Hbond substituents is 1. The topological polar surface area (TPSA) is 81.7 Å². The molecular formula is C23H30N4O2. The van der Waals surface area contributed by atoms with Gasteiger partial charge in [0.1, 0.15) is 0 Å². The smallest absolute Gasteiger partial charge is 0.191 e. The molecule has 0 aliphatic carbocycles. The van der Waals surface area contributed by atoms with Gasteiger partial charge in [-0.25, -0.2) is 4.99 Å². The van der Waals surface area contributed by atoms with Crippen molar-refractivity contribution in [3.63, 3.8) is 0 Å². The van der Waals surface area contributed by atoms with Crippen LogP contribution in [0.1, 0.15) is 30.5 Å². The highest BCUT2D eigenvalue weighted by molar-refractivity contribution is 5.84. The summed E-state index contributed by atoms with van der Waals surface area (Å²) in [5.41, 5.74) is 4.71. The standard InChI is InChI=1S/C23H30N4O2/c1-4-24-23(27-14-17-7-9-21(28)22(13-17)29-5-2)25-11-10-18-15-26-20-12-16(3)6-8-19(18)20/h6-9,12-13,15,26,28H,4-5,10-11,14H2,1-3H3,(H2,24,25,27). The number of hydrogen-bond acceptors (Lipinski definition) is 3. The second kappa shape index (κ2) is 9.87. The summed E-state index contributed by atoms with van der Waals surface area (Å²) in [5.74, 6) is 1.42. The highest BCUT2D eigenvalue weighted by atomic mass is 16.5. The number of aliphatic imine (C=N–C) groups is 1. The Bertz CT molecular complexity index is 978. The van der Waals surface area contributed by atoms with Gasteiger partial charge in [0.2, 0.25) is 0 Å². The van der Waals surface area contributed by atoms with Gasteiger partial charge in [0, 0.05) is 30.2 Å². The Kier molecular flexibility index (Phi) is 7.00. The van der Waals surface area contributed by atoms with E-state index in [2.05, 4.69) is 51.9 Å². The second-order valence-electron chi connectivity index (χ2n) is 6.97. The van der Waals surface area contributed by atoms with Crippen LogP contribution in [-0.2, 0) is 13.0 Å². The Balaban J connectivity index is 1.61. The molecule has 0 aliphatic heterocycles. The molecular weight excluding hydrogens is 364 g/mol. The summed E-state index contributed by atoms with van der Waals surface area (Å²) in [4.78, 5) is 8.01. The minimum Gasteiger partial charge on any atom is -0.504 e. The highest BCUT2D eigenvalue weighted by Crippen LogP contribution is 2.27. The molecule has 6 heteroatoms. The number of aromatic amines is 1. The Morgan fingerprint density at radius 1 is 1.14 bits per heavy atom. The van der Waals surface area contributed by atoms with Crippen LogP contribution in [-0.4, -0.2) is 35.7 Å². The van der Waals surface area contributed by atoms with Gasteiger partial charge >= 0.3 is 0 Å². The van der Waals surface area contributed by atoms with Gasteiger partial charge in [0.25, 0.3) is 0 Å². The zero-order chi connectivity index (χ0) is 20.6. The Labute approximate surface area is 172 Å². The number of rotatable bonds is 8. The van der Waals surface area contributed by atoms with Gasteiger partial charge in [-0.1, -0.05) is 18.2 Å². The normalized spacial score (nSPS) is 11.6. The number of hydrogen-bond donors (Lipinski definition) is 4. The molecule has 0 saturated heterocycles. The van der Waals surface area contributed by atoms with Gasteiger partial charge in [-0.2, -0.15) is 0 Å². The summed E-state index contributed by atoms with van der Waals surface area (Å²) >= 11 is 0. The number of fused-ring (bicyclic) bond motifs is 1. The number of aromatic hydroxyl groups is 1. The van der Waals surface area contributed by atoms with E-state index in [0.29, 0.717) is 18.9 Å². The van der Waals surface area contributed by atoms with Gasteiger partial charge in [0.05, 0.1) is 13.2 Å². The number of phenols is 1. The molecule has 0 amide bonds. The van der Waals surface area contributed by atoms with E-state index >= 15 is 0 Å². The molecule has 2 aromatic carbocycles. The van der Waals surface area contributed by atoms with Gasteiger partial charge in [-0.05, 0) is 62.1 Å². The van der Waals surface area contributed by atoms with Crippen molar-refractivity contribution in [2.24, 2.45) is 4.99 Å². The molecule has 0 atom stereocenters. The maximum atomic E-state index is 9.84. The van der Waals surface area contributed by atoms with Gasteiger partial charge in [-0.3, -0.25) is 0 Å². The molecule has 0 aliphatic rings. The fourth-order valence-corrected chi connectivity index (χ4v) is 3.26. The van der Waals surface area contributed by atoms with E-state index in [0.717, 1.165) is 31.0 Å². The maximum absolute atomic E-state index is 9.84. The first-order valence-electron chi connectivity index (χ1n) is 10.1. The summed E-state index contributed by atoms with van der Waals surface area (Å²) in [7, 11) is 0. The monoisotopic (exact) mass is 394 g/mol. The average molecular weight is 395 g/mol. The summed E-state index contributed by atoms with van der Waals surface area (Å²) in [6, 6.07) is 11.8. The van der Waals surface area contributed by atoms with E-state index in [1.165, 1.54) is 22.0 Å². The number of aryl methyl sites for hydroxylation is 1. The van der Waals surface area contributed by atoms with Crippen molar-refractivity contribution >= 4 is 16.9 Å². The van der Waals surface area contributed by atoms with Crippen LogP contribution in [0.15, 0.2) is 47.6 Å². The predicted molar refractivity (Wildman–Crippen MR) is 119 cm³/mol. The summed E-state index contributed by atoms with van der Waals surface area (Å²) < 4.78 is 5.45. The van der Waals surface area contributed by atoms with Crippen molar-refractivity contribution in [3.8, 4) is 11.5 Å². The Hall–Kier alpha value is -3.15. The van der Waals surface area contributed by atoms with Crippen LogP contribution in [0.4, 0.5) is 0 Å². The zero-order valence-corrected chi connectivity index (χ0v) is 17.4. The largest absolute Gasteiger partial charge is 0.504 e. The van der Waals surface area contributed by atoms with E-state index in [4.69, 9.17) is 4.74 Å². The molecule has 0 fully saturated rings. The lowest BCUT2D eigenvalue weighted by Gasteiger charge is -2.12. The van der Waals surface area contributed by atoms with E-state index in [9.17, 15) is 5.11 Å². The van der Waals surface area contributed by atoms with E-state index in [1.54, 1.807) is 6.07 Å². The predicted octanol–water partition coefficient (Wildman–Crippen LogP) is 3.88. The zero-order valence-electron chi connectivity index (χ0n) is 17.4. The van der Waals surface area contributed by atoms with Crippen molar-refractivity contribution < 1.29 is 9.84 Å². The van der Waals surface area contributed by atoms with Crippen LogP contribution in [0.25, 0.3) is 10.9 Å². The van der Waals surface area contributed by atoms with Crippen LogP contribution in [0.3, 0.4) is 0 Å². The molecule has 29 heavy (non-hydrogen) atoms. The molecule has 0 bridgehead atoms. The summed E-state index contributed by atoms with van der Waals surface area (Å²) in [6.07, 6.45) is 2.99. The highest BCUT2D eigenvalue weighted by Gasteiger charge is 2.06. The molecule has 154 valence electrons. The fraction of sp³-hybridized carbons (Fsp3) is 0.348. The molecule has 0 saturated carbocycles. The van der Waals surface area contributed by atoms with Gasteiger partial charge < -0.3 is 25.5 Å². The van der Waals surface area contributed by atoms with Gasteiger partial charge in [0.15, 0.2) is 17.5 Å². The first-order valence-corrected chi connectivity index (χ1v) is 10.1. The number of H-pyrrole nitrogens is 1. The van der Waals surface area contributed by atoms with Crippen molar-refractivity contribution in [3.05, 3.63) is 59.3 Å². The number of ether oxygens (including phenoxy) is 1. The lowest BCUT2D eigenvalue weighted by molar-refractivity contribution is 0.318. The van der Waals surface area contributed by atoms with Gasteiger partial charge in [-0.15, -0.1) is 0 Å². The van der Waals surface area contributed by atoms with Crippen molar-refractivity contribution in [1.82, 2.24) is 15.6 Å². The minimum absolute atomic E-state index is 0.151. The third-order valence-electron chi connectivity index (χ3n) is 4.70. The molecule has 3 rings (SSSR count). The molecule has 0 spiro atoms. The second-order valence-corrected chi connectivity index (χ2v) is 6.97. The van der Waals surface area contributed by atoms with Crippen molar-refractivity contribution in [2.75, 3.05) is 19.7 Å². The van der Waals surface area contributed by atoms with Crippen molar-refractivity contribution in [2.45, 2.75) is 33.7 Å². The average Bonchev–Trinajstić information content (AvgIpc) is 3.10. The quantitative estimate of drug-likeness (QED) is 0.345. The van der Waals surface area contributed by atoms with Crippen LogP contribution in [0.5, 0.6) is 11.5 Å². The summed E-state index contributed by atoms with van der Waals surface area (Å²) in [5, 5.41) is 17.8. The van der Waals surface area contributed by atoms with Crippen LogP contribution < -0.4 is 15.4 Å². The van der Waals surface area contributed by atoms with Crippen LogP contribution in [0.2, 0.25) is 0 Å².